The number of nitrogens with one attached hydrogen (secondary N) is 4. The first-order valence-electron chi connectivity index (χ1n) is 12.4. The number of fused-ring (bicyclic) bond motifs is 1. The van der Waals surface area contributed by atoms with Gasteiger partial charge in [0.05, 0.1) is 11.3 Å². The van der Waals surface area contributed by atoms with Crippen LogP contribution in [0.4, 0.5) is 22.7 Å². The largest absolute Gasteiger partial charge is 0.384 e. The van der Waals surface area contributed by atoms with Crippen LogP contribution in [-0.2, 0) is 6.54 Å². The summed E-state index contributed by atoms with van der Waals surface area (Å²) in [7, 11) is 0. The van der Waals surface area contributed by atoms with Gasteiger partial charge in [-0.1, -0.05) is 24.1 Å². The Morgan fingerprint density at radius 2 is 1.72 bits per heavy atom. The predicted molar refractivity (Wildman–Crippen MR) is 146 cm³/mol. The minimum atomic E-state index is -0.257. The Hall–Kier alpha value is -3.55. The van der Waals surface area contributed by atoms with Crippen LogP contribution in [0.15, 0.2) is 60.7 Å². The first-order valence-corrected chi connectivity index (χ1v) is 12.8. The van der Waals surface area contributed by atoms with E-state index in [0.29, 0.717) is 28.4 Å². The fraction of sp³-hybridized carbons (Fsp3) is 0.286. The quantitative estimate of drug-likeness (QED) is 0.327. The molecule has 8 heteroatoms. The van der Waals surface area contributed by atoms with Crippen molar-refractivity contribution in [3.8, 4) is 0 Å². The number of hydrogen-bond donors (Lipinski definition) is 4. The lowest BCUT2D eigenvalue weighted by molar-refractivity contribution is 0.0966. The van der Waals surface area contributed by atoms with Crippen molar-refractivity contribution in [3.05, 3.63) is 82.4 Å². The second-order valence-corrected chi connectivity index (χ2v) is 9.63. The molecule has 2 amide bonds. The monoisotopic (exact) mass is 503 g/mol. The molecule has 1 fully saturated rings. The van der Waals surface area contributed by atoms with Gasteiger partial charge in [-0.25, -0.2) is 0 Å². The van der Waals surface area contributed by atoms with Crippen LogP contribution in [0.1, 0.15) is 45.5 Å². The van der Waals surface area contributed by atoms with Crippen molar-refractivity contribution in [2.75, 3.05) is 42.1 Å². The van der Waals surface area contributed by atoms with E-state index in [1.807, 2.05) is 36.4 Å². The Balaban J connectivity index is 1.24. The van der Waals surface area contributed by atoms with Gasteiger partial charge in [0, 0.05) is 52.8 Å². The molecule has 0 atom stereocenters. The highest BCUT2D eigenvalue weighted by Crippen LogP contribution is 2.33. The molecule has 0 aromatic heterocycles. The van der Waals surface area contributed by atoms with E-state index in [4.69, 9.17) is 11.6 Å². The van der Waals surface area contributed by atoms with Gasteiger partial charge in [0.25, 0.3) is 11.8 Å². The Morgan fingerprint density at radius 1 is 0.944 bits per heavy atom. The summed E-state index contributed by atoms with van der Waals surface area (Å²) in [5, 5.41) is 13.2. The predicted octanol–water partition coefficient (Wildman–Crippen LogP) is 5.48. The van der Waals surface area contributed by atoms with E-state index in [0.717, 1.165) is 35.7 Å². The summed E-state index contributed by atoms with van der Waals surface area (Å²) in [5.41, 5.74) is 4.92. The van der Waals surface area contributed by atoms with Gasteiger partial charge in [0.15, 0.2) is 0 Å². The van der Waals surface area contributed by atoms with Crippen LogP contribution in [0.3, 0.4) is 0 Å². The van der Waals surface area contributed by atoms with Crippen LogP contribution in [-0.4, -0.2) is 42.9 Å². The number of anilines is 4. The third-order valence-electron chi connectivity index (χ3n) is 6.67. The van der Waals surface area contributed by atoms with Gasteiger partial charge < -0.3 is 26.2 Å². The molecule has 2 aliphatic rings. The van der Waals surface area contributed by atoms with Gasteiger partial charge in [-0.3, -0.25) is 9.59 Å². The number of halogens is 1. The van der Waals surface area contributed by atoms with Gasteiger partial charge in [-0.15, -0.1) is 0 Å². The van der Waals surface area contributed by atoms with Crippen molar-refractivity contribution in [2.24, 2.45) is 0 Å². The van der Waals surface area contributed by atoms with Crippen molar-refractivity contribution in [2.45, 2.75) is 25.8 Å². The van der Waals surface area contributed by atoms with Crippen molar-refractivity contribution in [3.63, 3.8) is 0 Å². The molecule has 0 radical (unpaired) electrons. The lowest BCUT2D eigenvalue weighted by Gasteiger charge is -2.26. The number of amides is 2. The maximum absolute atomic E-state index is 13.0. The molecule has 2 heterocycles. The zero-order valence-corrected chi connectivity index (χ0v) is 20.8. The number of carbonyl (C=O) groups is 2. The molecule has 2 aliphatic heterocycles. The van der Waals surface area contributed by atoms with Crippen LogP contribution in [0.5, 0.6) is 0 Å². The maximum atomic E-state index is 13.0. The second-order valence-electron chi connectivity index (χ2n) is 9.19. The van der Waals surface area contributed by atoms with Gasteiger partial charge in [-0.2, -0.15) is 0 Å². The fourth-order valence-corrected chi connectivity index (χ4v) is 4.96. The van der Waals surface area contributed by atoms with E-state index in [2.05, 4.69) is 26.2 Å². The number of benzene rings is 3. The van der Waals surface area contributed by atoms with Crippen LogP contribution < -0.4 is 21.3 Å². The smallest absolute Gasteiger partial charge is 0.255 e. The molecular weight excluding hydrogens is 474 g/mol. The third kappa shape index (κ3) is 5.64. The highest BCUT2D eigenvalue weighted by Gasteiger charge is 2.26. The SMILES string of the molecule is O=C(Nc1ccc(Nc2cccc(Cl)c2)c2c1C(=O)NC2)c1ccc(NCCN2CCCCC2)cc1. The molecule has 3 aromatic carbocycles. The van der Waals surface area contributed by atoms with Crippen molar-refractivity contribution in [1.82, 2.24) is 10.2 Å². The Labute approximate surface area is 216 Å². The minimum absolute atomic E-state index is 0.205. The summed E-state index contributed by atoms with van der Waals surface area (Å²) < 4.78 is 0. The third-order valence-corrected chi connectivity index (χ3v) is 6.91. The molecular formula is C28H30ClN5O2. The molecule has 1 saturated heterocycles. The molecule has 0 saturated carbocycles. The lowest BCUT2D eigenvalue weighted by Crippen LogP contribution is -2.33. The standard InChI is InChI=1S/C28H30ClN5O2/c29-20-5-4-6-22(17-20)32-24-11-12-25(26-23(24)18-31-28(26)36)33-27(35)19-7-9-21(10-8-19)30-13-16-34-14-2-1-3-15-34/h4-12,17,30,32H,1-3,13-16,18H2,(H,31,36)(H,33,35). The van der Waals surface area contributed by atoms with Crippen molar-refractivity contribution in [1.29, 1.82) is 0 Å². The lowest BCUT2D eigenvalue weighted by atomic mass is 10.0. The molecule has 4 N–H and O–H groups in total. The Morgan fingerprint density at radius 3 is 2.50 bits per heavy atom. The number of likely N-dealkylation sites (tertiary alicyclic amines) is 1. The second kappa shape index (κ2) is 11.0. The van der Waals surface area contributed by atoms with E-state index in [-0.39, 0.29) is 11.8 Å². The maximum Gasteiger partial charge on any atom is 0.255 e. The average molecular weight is 504 g/mol. The van der Waals surface area contributed by atoms with Crippen molar-refractivity contribution < 1.29 is 9.59 Å². The van der Waals surface area contributed by atoms with Crippen LogP contribution >= 0.6 is 11.6 Å². The van der Waals surface area contributed by atoms with E-state index in [1.54, 1.807) is 24.3 Å². The van der Waals surface area contributed by atoms with Crippen LogP contribution in [0.25, 0.3) is 0 Å². The van der Waals surface area contributed by atoms with Gasteiger partial charge in [-0.05, 0) is 80.5 Å². The highest BCUT2D eigenvalue weighted by molar-refractivity contribution is 6.30. The molecule has 36 heavy (non-hydrogen) atoms. The van der Waals surface area contributed by atoms with E-state index in [9.17, 15) is 9.59 Å². The first kappa shape index (κ1) is 24.2. The Kier molecular flexibility index (Phi) is 7.39. The summed E-state index contributed by atoms with van der Waals surface area (Å²) in [4.78, 5) is 28.1. The number of carbonyl (C=O) groups excluding carboxylic acids is 2. The fourth-order valence-electron chi connectivity index (χ4n) is 4.77. The van der Waals surface area contributed by atoms with E-state index >= 15 is 0 Å². The van der Waals surface area contributed by atoms with E-state index < -0.39 is 0 Å². The summed E-state index contributed by atoms with van der Waals surface area (Å²) in [6.45, 7) is 4.65. The zero-order valence-electron chi connectivity index (χ0n) is 20.1. The highest BCUT2D eigenvalue weighted by atomic mass is 35.5. The Bertz CT molecular complexity index is 1260. The number of hydrogen-bond acceptors (Lipinski definition) is 5. The summed E-state index contributed by atoms with van der Waals surface area (Å²) >= 11 is 6.10. The molecule has 186 valence electrons. The summed E-state index contributed by atoms with van der Waals surface area (Å²) in [6.07, 6.45) is 3.91. The molecule has 3 aromatic rings. The molecule has 7 nitrogen and oxygen atoms in total. The molecule has 0 unspecified atom stereocenters. The first-order chi connectivity index (χ1) is 17.6. The topological polar surface area (TPSA) is 85.5 Å². The molecule has 0 bridgehead atoms. The van der Waals surface area contributed by atoms with Gasteiger partial charge in [0.2, 0.25) is 0 Å². The van der Waals surface area contributed by atoms with Gasteiger partial charge >= 0.3 is 0 Å². The zero-order chi connectivity index (χ0) is 24.9. The summed E-state index contributed by atoms with van der Waals surface area (Å²) in [6, 6.07) is 18.4. The van der Waals surface area contributed by atoms with Gasteiger partial charge in [0.1, 0.15) is 0 Å². The van der Waals surface area contributed by atoms with Crippen LogP contribution in [0.2, 0.25) is 5.02 Å². The van der Waals surface area contributed by atoms with Crippen LogP contribution in [0, 0.1) is 0 Å². The average Bonchev–Trinajstić information content (AvgIpc) is 3.29. The molecule has 0 spiro atoms. The molecule has 5 rings (SSSR count). The number of rotatable bonds is 8. The number of nitrogens with zero attached hydrogens (tertiary/aromatic N) is 1. The molecule has 0 aliphatic carbocycles. The van der Waals surface area contributed by atoms with Crippen molar-refractivity contribution >= 4 is 46.2 Å². The normalized spacial score (nSPS) is 15.2. The minimum Gasteiger partial charge on any atom is -0.384 e. The number of piperidine rings is 1. The van der Waals surface area contributed by atoms with E-state index in [1.165, 1.54) is 32.4 Å². The summed E-state index contributed by atoms with van der Waals surface area (Å²) in [5.74, 6) is -0.462.